The van der Waals surface area contributed by atoms with Gasteiger partial charge in [-0.2, -0.15) is 0 Å². The molecule has 0 bridgehead atoms. The molecule has 1 unspecified atom stereocenters. The summed E-state index contributed by atoms with van der Waals surface area (Å²) in [5.74, 6) is -1.93. The highest BCUT2D eigenvalue weighted by molar-refractivity contribution is 7.89. The number of rotatable bonds is 8. The highest BCUT2D eigenvalue weighted by Crippen LogP contribution is 2.07. The molecule has 0 amide bonds. The van der Waals surface area contributed by atoms with Gasteiger partial charge >= 0.3 is 11.9 Å². The van der Waals surface area contributed by atoms with Crippen molar-refractivity contribution in [1.82, 2.24) is 4.31 Å². The number of carbonyl (C=O) groups is 2. The summed E-state index contributed by atoms with van der Waals surface area (Å²) in [5, 5.41) is 0. The number of sulfonamides is 1. The molecular formula is C11H21NO6S. The second-order valence-electron chi connectivity index (χ2n) is 4.08. The van der Waals surface area contributed by atoms with Crippen molar-refractivity contribution in [2.24, 2.45) is 5.92 Å². The van der Waals surface area contributed by atoms with Crippen molar-refractivity contribution in [2.75, 3.05) is 33.1 Å². The SMILES string of the molecule is CCOC(=O)CCS(=O)(=O)N(C)CC(C)C(=O)OC. The molecule has 0 saturated carbocycles. The van der Waals surface area contributed by atoms with E-state index in [0.29, 0.717) is 0 Å². The van der Waals surface area contributed by atoms with E-state index in [2.05, 4.69) is 9.47 Å². The van der Waals surface area contributed by atoms with E-state index < -0.39 is 27.9 Å². The van der Waals surface area contributed by atoms with E-state index >= 15 is 0 Å². The Balaban J connectivity index is 4.40. The predicted molar refractivity (Wildman–Crippen MR) is 68.8 cm³/mol. The molecule has 0 aliphatic heterocycles. The summed E-state index contributed by atoms with van der Waals surface area (Å²) in [6.07, 6.45) is -0.201. The predicted octanol–water partition coefficient (Wildman–Crippen LogP) is 0.0103. The van der Waals surface area contributed by atoms with Crippen LogP contribution in [0.15, 0.2) is 0 Å². The standard InChI is InChI=1S/C11H21NO6S/c1-5-18-10(13)6-7-19(15,16)12(3)8-9(2)11(14)17-4/h9H,5-8H2,1-4H3. The summed E-state index contributed by atoms with van der Waals surface area (Å²) in [6.45, 7) is 3.45. The molecule has 0 spiro atoms. The van der Waals surface area contributed by atoms with Gasteiger partial charge in [-0.15, -0.1) is 0 Å². The van der Waals surface area contributed by atoms with Crippen molar-refractivity contribution in [3.8, 4) is 0 Å². The van der Waals surface area contributed by atoms with Gasteiger partial charge in [0.25, 0.3) is 0 Å². The molecule has 112 valence electrons. The summed E-state index contributed by atoms with van der Waals surface area (Å²) < 4.78 is 33.9. The minimum Gasteiger partial charge on any atom is -0.469 e. The molecule has 0 heterocycles. The van der Waals surface area contributed by atoms with Crippen LogP contribution in [0.1, 0.15) is 20.3 Å². The second kappa shape index (κ2) is 8.11. The van der Waals surface area contributed by atoms with Crippen LogP contribution in [0.4, 0.5) is 0 Å². The van der Waals surface area contributed by atoms with Crippen LogP contribution in [0.5, 0.6) is 0 Å². The number of ether oxygens (including phenoxy) is 2. The maximum Gasteiger partial charge on any atom is 0.309 e. The highest BCUT2D eigenvalue weighted by atomic mass is 32.2. The minimum atomic E-state index is -3.59. The fourth-order valence-electron chi connectivity index (χ4n) is 1.38. The van der Waals surface area contributed by atoms with Crippen LogP contribution in [0, 0.1) is 5.92 Å². The number of methoxy groups -OCH3 is 1. The zero-order chi connectivity index (χ0) is 15.1. The fourth-order valence-corrected chi connectivity index (χ4v) is 2.56. The Kier molecular flexibility index (Phi) is 7.62. The molecule has 0 aromatic carbocycles. The van der Waals surface area contributed by atoms with Crippen LogP contribution in [0.25, 0.3) is 0 Å². The first-order valence-electron chi connectivity index (χ1n) is 5.92. The third kappa shape index (κ3) is 6.53. The smallest absolute Gasteiger partial charge is 0.309 e. The van der Waals surface area contributed by atoms with Gasteiger partial charge in [-0.25, -0.2) is 12.7 Å². The molecule has 19 heavy (non-hydrogen) atoms. The van der Waals surface area contributed by atoms with E-state index in [1.54, 1.807) is 13.8 Å². The lowest BCUT2D eigenvalue weighted by molar-refractivity contribution is -0.145. The number of hydrogen-bond acceptors (Lipinski definition) is 6. The number of hydrogen-bond donors (Lipinski definition) is 0. The molecule has 0 aliphatic rings. The van der Waals surface area contributed by atoms with Crippen molar-refractivity contribution >= 4 is 22.0 Å². The first-order valence-corrected chi connectivity index (χ1v) is 7.53. The summed E-state index contributed by atoms with van der Waals surface area (Å²) in [4.78, 5) is 22.3. The third-order valence-electron chi connectivity index (χ3n) is 2.48. The monoisotopic (exact) mass is 295 g/mol. The Morgan fingerprint density at radius 3 is 2.37 bits per heavy atom. The molecule has 0 rings (SSSR count). The molecule has 0 aliphatic carbocycles. The summed E-state index contributed by atoms with van der Waals surface area (Å²) in [6, 6.07) is 0. The second-order valence-corrected chi connectivity index (χ2v) is 6.27. The van der Waals surface area contributed by atoms with Gasteiger partial charge < -0.3 is 9.47 Å². The summed E-state index contributed by atoms with van der Waals surface area (Å²) >= 11 is 0. The van der Waals surface area contributed by atoms with Gasteiger partial charge in [-0.05, 0) is 6.92 Å². The van der Waals surface area contributed by atoms with Gasteiger partial charge in [0.15, 0.2) is 0 Å². The average Bonchev–Trinajstić information content (AvgIpc) is 2.35. The van der Waals surface area contributed by atoms with Gasteiger partial charge in [0.2, 0.25) is 10.0 Å². The average molecular weight is 295 g/mol. The lowest BCUT2D eigenvalue weighted by atomic mass is 10.2. The van der Waals surface area contributed by atoms with Gasteiger partial charge in [-0.3, -0.25) is 9.59 Å². The molecule has 0 saturated heterocycles. The molecule has 7 nitrogen and oxygen atoms in total. The summed E-state index contributed by atoms with van der Waals surface area (Å²) in [7, 11) is -0.981. The molecule has 0 aromatic rings. The van der Waals surface area contributed by atoms with Crippen LogP contribution >= 0.6 is 0 Å². The van der Waals surface area contributed by atoms with Crippen molar-refractivity contribution < 1.29 is 27.5 Å². The van der Waals surface area contributed by atoms with Crippen molar-refractivity contribution in [3.63, 3.8) is 0 Å². The van der Waals surface area contributed by atoms with E-state index in [1.165, 1.54) is 14.2 Å². The fraction of sp³-hybridized carbons (Fsp3) is 0.818. The minimum absolute atomic E-state index is 0.0117. The van der Waals surface area contributed by atoms with E-state index in [1.807, 2.05) is 0 Å². The number of nitrogens with zero attached hydrogens (tertiary/aromatic N) is 1. The zero-order valence-corrected chi connectivity index (χ0v) is 12.5. The van der Waals surface area contributed by atoms with E-state index in [0.717, 1.165) is 4.31 Å². The summed E-state index contributed by atoms with van der Waals surface area (Å²) in [5.41, 5.74) is 0. The van der Waals surface area contributed by atoms with Crippen LogP contribution in [0.2, 0.25) is 0 Å². The maximum atomic E-state index is 11.9. The van der Waals surface area contributed by atoms with Gasteiger partial charge in [-0.1, -0.05) is 6.92 Å². The van der Waals surface area contributed by atoms with Gasteiger partial charge in [0.05, 0.1) is 31.8 Å². The first-order chi connectivity index (χ1) is 8.74. The molecule has 8 heteroatoms. The number of esters is 2. The van der Waals surface area contributed by atoms with E-state index in [9.17, 15) is 18.0 Å². The molecule has 0 N–H and O–H groups in total. The number of carbonyl (C=O) groups excluding carboxylic acids is 2. The Hall–Kier alpha value is -1.15. The van der Waals surface area contributed by atoms with E-state index in [-0.39, 0.29) is 25.3 Å². The molecule has 0 radical (unpaired) electrons. The van der Waals surface area contributed by atoms with Crippen molar-refractivity contribution in [1.29, 1.82) is 0 Å². The largest absolute Gasteiger partial charge is 0.469 e. The molecule has 0 fully saturated rings. The van der Waals surface area contributed by atoms with Crippen molar-refractivity contribution in [2.45, 2.75) is 20.3 Å². The highest BCUT2D eigenvalue weighted by Gasteiger charge is 2.24. The Morgan fingerprint density at radius 1 is 1.32 bits per heavy atom. The van der Waals surface area contributed by atoms with Crippen molar-refractivity contribution in [3.05, 3.63) is 0 Å². The normalized spacial score (nSPS) is 13.1. The van der Waals surface area contributed by atoms with Gasteiger partial charge in [0.1, 0.15) is 0 Å². The van der Waals surface area contributed by atoms with Crippen LogP contribution in [-0.2, 0) is 29.1 Å². The van der Waals surface area contributed by atoms with Gasteiger partial charge in [0, 0.05) is 13.6 Å². The Bertz CT molecular complexity index is 405. The first kappa shape index (κ1) is 17.8. The quantitative estimate of drug-likeness (QED) is 0.586. The van der Waals surface area contributed by atoms with Crippen LogP contribution in [-0.4, -0.2) is 57.7 Å². The van der Waals surface area contributed by atoms with Crippen LogP contribution < -0.4 is 0 Å². The zero-order valence-electron chi connectivity index (χ0n) is 11.7. The third-order valence-corrected chi connectivity index (χ3v) is 4.30. The molecular weight excluding hydrogens is 274 g/mol. The topological polar surface area (TPSA) is 90.0 Å². The Labute approximate surface area is 113 Å². The maximum absolute atomic E-state index is 11.9. The molecule has 0 aromatic heterocycles. The molecule has 1 atom stereocenters. The van der Waals surface area contributed by atoms with E-state index in [4.69, 9.17) is 0 Å². The lowest BCUT2D eigenvalue weighted by Gasteiger charge is -2.19. The lowest BCUT2D eigenvalue weighted by Crippen LogP contribution is -2.36. The Morgan fingerprint density at radius 2 is 1.89 bits per heavy atom. The van der Waals surface area contributed by atoms with Crippen LogP contribution in [0.3, 0.4) is 0 Å².